The van der Waals surface area contributed by atoms with Crippen molar-refractivity contribution in [2.24, 2.45) is 11.8 Å². The van der Waals surface area contributed by atoms with Gasteiger partial charge in [-0.1, -0.05) is 12.8 Å². The van der Waals surface area contributed by atoms with Crippen molar-refractivity contribution in [3.63, 3.8) is 0 Å². The van der Waals surface area contributed by atoms with Crippen LogP contribution in [0.4, 0.5) is 5.82 Å². The number of rotatable bonds is 8. The fraction of sp³-hybridized carbons (Fsp3) is 0.762. The van der Waals surface area contributed by atoms with E-state index in [4.69, 9.17) is 21.1 Å². The van der Waals surface area contributed by atoms with E-state index in [1.165, 1.54) is 36.6 Å². The molecule has 0 spiro atoms. The van der Waals surface area contributed by atoms with Crippen molar-refractivity contribution < 1.29 is 39.1 Å². The van der Waals surface area contributed by atoms with Gasteiger partial charge in [-0.15, -0.1) is 0 Å². The zero-order chi connectivity index (χ0) is 25.8. The molecule has 0 amide bonds. The summed E-state index contributed by atoms with van der Waals surface area (Å²) in [5, 5.41) is 36.9. The van der Waals surface area contributed by atoms with Gasteiger partial charge < -0.3 is 39.9 Å². The minimum atomic E-state index is -4.83. The van der Waals surface area contributed by atoms with Gasteiger partial charge in [0.15, 0.2) is 17.2 Å². The monoisotopic (exact) mass is 547 g/mol. The molecule has 0 unspecified atom stereocenters. The molecule has 0 aromatic carbocycles. The lowest BCUT2D eigenvalue weighted by Crippen LogP contribution is -2.39. The molecule has 36 heavy (non-hydrogen) atoms. The number of halogens is 1. The Labute approximate surface area is 211 Å². The van der Waals surface area contributed by atoms with Crippen LogP contribution in [0.5, 0.6) is 0 Å². The van der Waals surface area contributed by atoms with Crippen LogP contribution in [0.15, 0.2) is 6.20 Å². The number of nitrogens with zero attached hydrogens (tertiary/aromatic N) is 4. The van der Waals surface area contributed by atoms with Gasteiger partial charge in [-0.3, -0.25) is 4.57 Å². The van der Waals surface area contributed by atoms with Gasteiger partial charge in [0.1, 0.15) is 24.1 Å². The molecule has 8 atom stereocenters. The third-order valence-electron chi connectivity index (χ3n) is 7.88. The summed E-state index contributed by atoms with van der Waals surface area (Å²) < 4.78 is 24.0. The lowest BCUT2D eigenvalue weighted by molar-refractivity contribution is -0.104. The highest BCUT2D eigenvalue weighted by Crippen LogP contribution is 2.51. The van der Waals surface area contributed by atoms with Crippen LogP contribution in [-0.2, 0) is 14.0 Å². The van der Waals surface area contributed by atoms with Crippen molar-refractivity contribution in [3.8, 4) is 0 Å². The highest BCUT2D eigenvalue weighted by atomic mass is 35.5. The van der Waals surface area contributed by atoms with E-state index in [1.54, 1.807) is 0 Å². The number of anilines is 1. The average molecular weight is 548 g/mol. The first-order chi connectivity index (χ1) is 17.0. The Morgan fingerprint density at radius 3 is 2.75 bits per heavy atom. The molecule has 1 saturated heterocycles. The first kappa shape index (κ1) is 26.2. The third kappa shape index (κ3) is 4.55. The normalized spacial score (nSPS) is 34.2. The van der Waals surface area contributed by atoms with Crippen molar-refractivity contribution in [1.29, 1.82) is 0 Å². The number of aliphatic hydroxyl groups is 3. The molecular formula is C21H31ClN5O8P. The molecule has 3 fully saturated rings. The fourth-order valence-corrected chi connectivity index (χ4v) is 6.26. The number of hydrogen-bond donors (Lipinski definition) is 6. The second kappa shape index (κ2) is 9.72. The van der Waals surface area contributed by atoms with Crippen molar-refractivity contribution in [3.05, 3.63) is 11.5 Å². The van der Waals surface area contributed by atoms with E-state index < -0.39 is 50.7 Å². The molecule has 1 aliphatic heterocycles. The molecule has 2 aromatic heterocycles. The standard InChI is InChI=1S/C21H31ClN5O8P/c1-21(9-28,36(31,32)33)34-8-14-15(29)16(30)19(35-14)27-18-12(7-23-27)17(25-20(22)26-18)24-13-6-5-10-3-2-4-11(10)13/h7,10-11,13-16,19,28-30H,2-6,8-9H2,1H3,(H,24,25,26)(H2,31,32,33)/t10-,11-,13-,14-,15-,16-,19-,21-/m1/s1. The molecule has 0 radical (unpaired) electrons. The second-order valence-electron chi connectivity index (χ2n) is 10.1. The van der Waals surface area contributed by atoms with Crippen LogP contribution in [-0.4, -0.2) is 87.8 Å². The highest BCUT2D eigenvalue weighted by molar-refractivity contribution is 7.53. The minimum Gasteiger partial charge on any atom is -0.393 e. The maximum Gasteiger partial charge on any atom is 0.359 e. The van der Waals surface area contributed by atoms with Crippen molar-refractivity contribution in [2.75, 3.05) is 18.5 Å². The summed E-state index contributed by atoms with van der Waals surface area (Å²) in [6.45, 7) is -0.401. The quantitative estimate of drug-likeness (QED) is 0.203. The van der Waals surface area contributed by atoms with Crippen LogP contribution in [0.25, 0.3) is 11.0 Å². The van der Waals surface area contributed by atoms with Crippen LogP contribution in [0.2, 0.25) is 5.28 Å². The molecule has 2 saturated carbocycles. The van der Waals surface area contributed by atoms with E-state index in [9.17, 15) is 29.7 Å². The van der Waals surface area contributed by atoms with Crippen molar-refractivity contribution in [1.82, 2.24) is 19.7 Å². The van der Waals surface area contributed by atoms with Gasteiger partial charge in [-0.05, 0) is 49.6 Å². The summed E-state index contributed by atoms with van der Waals surface area (Å²) in [6.07, 6.45) is 2.22. The van der Waals surface area contributed by atoms with Gasteiger partial charge in [-0.2, -0.15) is 15.1 Å². The van der Waals surface area contributed by atoms with Crippen molar-refractivity contribution in [2.45, 2.75) is 75.0 Å². The van der Waals surface area contributed by atoms with E-state index in [0.29, 0.717) is 22.8 Å². The number of hydrogen-bond acceptors (Lipinski definition) is 10. The smallest absolute Gasteiger partial charge is 0.359 e. The average Bonchev–Trinajstić information content (AvgIpc) is 3.58. The first-order valence-electron chi connectivity index (χ1n) is 12.0. The van der Waals surface area contributed by atoms with E-state index in [0.717, 1.165) is 19.3 Å². The van der Waals surface area contributed by atoms with Crippen LogP contribution < -0.4 is 5.32 Å². The largest absolute Gasteiger partial charge is 0.393 e. The maximum absolute atomic E-state index is 11.7. The van der Waals surface area contributed by atoms with Crippen LogP contribution in [0, 0.1) is 11.8 Å². The summed E-state index contributed by atoms with van der Waals surface area (Å²) in [6, 6.07) is 0.279. The molecule has 200 valence electrons. The lowest BCUT2D eigenvalue weighted by Gasteiger charge is -2.29. The van der Waals surface area contributed by atoms with Crippen molar-refractivity contribution >= 4 is 36.0 Å². The Hall–Kier alpha value is -1.41. The van der Waals surface area contributed by atoms with Gasteiger partial charge in [-0.25, -0.2) is 4.68 Å². The Morgan fingerprint density at radius 1 is 1.25 bits per heavy atom. The second-order valence-corrected chi connectivity index (χ2v) is 12.5. The molecule has 2 aliphatic carbocycles. The Kier molecular flexibility index (Phi) is 7.07. The molecule has 13 nitrogen and oxygen atoms in total. The zero-order valence-corrected chi connectivity index (χ0v) is 21.3. The van der Waals surface area contributed by atoms with Gasteiger partial charge in [0, 0.05) is 6.04 Å². The summed E-state index contributed by atoms with van der Waals surface area (Å²) in [5.74, 6) is 1.87. The summed E-state index contributed by atoms with van der Waals surface area (Å²) in [4.78, 5) is 27.6. The van der Waals surface area contributed by atoms with Crippen LogP contribution in [0.1, 0.15) is 45.3 Å². The Morgan fingerprint density at radius 2 is 2.03 bits per heavy atom. The number of aromatic nitrogens is 4. The number of aliphatic hydroxyl groups excluding tert-OH is 3. The molecule has 15 heteroatoms. The van der Waals surface area contributed by atoms with E-state index in [2.05, 4.69) is 20.4 Å². The molecule has 6 N–H and O–H groups in total. The number of fused-ring (bicyclic) bond motifs is 2. The van der Waals surface area contributed by atoms with Crippen LogP contribution >= 0.6 is 19.2 Å². The Balaban J connectivity index is 1.36. The maximum atomic E-state index is 11.7. The van der Waals surface area contributed by atoms with Gasteiger partial charge >= 0.3 is 7.60 Å². The number of nitrogens with one attached hydrogen (secondary N) is 1. The molecule has 5 rings (SSSR count). The Bertz CT molecular complexity index is 1160. The molecular weight excluding hydrogens is 517 g/mol. The van der Waals surface area contributed by atoms with E-state index >= 15 is 0 Å². The third-order valence-corrected chi connectivity index (χ3v) is 9.55. The lowest BCUT2D eigenvalue weighted by atomic mass is 9.97. The molecule has 2 aromatic rings. The fourth-order valence-electron chi connectivity index (χ4n) is 5.66. The molecule has 3 aliphatic rings. The highest BCUT2D eigenvalue weighted by Gasteiger charge is 2.49. The molecule has 3 heterocycles. The topological polar surface area (TPSA) is 192 Å². The summed E-state index contributed by atoms with van der Waals surface area (Å²) in [7, 11) is -4.83. The summed E-state index contributed by atoms with van der Waals surface area (Å²) in [5.41, 5.74) is 0.298. The zero-order valence-electron chi connectivity index (χ0n) is 19.6. The summed E-state index contributed by atoms with van der Waals surface area (Å²) >= 11 is 6.23. The van der Waals surface area contributed by atoms with Gasteiger partial charge in [0.25, 0.3) is 0 Å². The van der Waals surface area contributed by atoms with Gasteiger partial charge in [0.2, 0.25) is 5.28 Å². The minimum absolute atomic E-state index is 0.0130. The van der Waals surface area contributed by atoms with Gasteiger partial charge in [0.05, 0.1) is 24.8 Å². The van der Waals surface area contributed by atoms with E-state index in [-0.39, 0.29) is 11.3 Å². The predicted molar refractivity (Wildman–Crippen MR) is 127 cm³/mol. The van der Waals surface area contributed by atoms with E-state index in [1.807, 2.05) is 0 Å². The molecule has 0 bridgehead atoms. The SMILES string of the molecule is C[C@@](CO)(OC[C@H]1O[C@@H](n2ncc3c(N[C@@H]4CC[C@H]5CCC[C@H]54)nc(Cl)nc32)[C@H](O)[C@@H]1O)P(=O)(O)O. The predicted octanol–water partition coefficient (Wildman–Crippen LogP) is 0.992. The first-order valence-corrected chi connectivity index (χ1v) is 14.0. The van der Waals surface area contributed by atoms with Crippen LogP contribution in [0.3, 0.4) is 0 Å². The number of ether oxygens (including phenoxy) is 2.